The van der Waals surface area contributed by atoms with Gasteiger partial charge in [-0.2, -0.15) is 0 Å². The van der Waals surface area contributed by atoms with E-state index in [-0.39, 0.29) is 17.4 Å². The van der Waals surface area contributed by atoms with E-state index in [9.17, 15) is 14.0 Å². The van der Waals surface area contributed by atoms with Gasteiger partial charge in [-0.1, -0.05) is 29.8 Å². The molecule has 0 heterocycles. The molecule has 0 aliphatic heterocycles. The number of hydrogen-bond donors (Lipinski definition) is 0. The van der Waals surface area contributed by atoms with Crippen molar-refractivity contribution in [3.05, 3.63) is 70.5 Å². The van der Waals surface area contributed by atoms with Crippen molar-refractivity contribution >= 4 is 28.9 Å². The third-order valence-electron chi connectivity index (χ3n) is 4.83. The first kappa shape index (κ1) is 20.1. The first-order chi connectivity index (χ1) is 13.4. The first-order valence-electron chi connectivity index (χ1n) is 8.95. The number of allylic oxidation sites excluding steroid dienone is 2. The molecule has 0 saturated heterocycles. The lowest BCUT2D eigenvalue weighted by Crippen LogP contribution is -2.34. The second-order valence-corrected chi connectivity index (χ2v) is 6.91. The van der Waals surface area contributed by atoms with Gasteiger partial charge in [0.25, 0.3) is 0 Å². The lowest BCUT2D eigenvalue weighted by molar-refractivity contribution is -0.151. The van der Waals surface area contributed by atoms with Gasteiger partial charge >= 0.3 is 5.97 Å². The van der Waals surface area contributed by atoms with Gasteiger partial charge in [-0.15, -0.1) is 0 Å². The SMILES string of the molecule is CCOC(=O)[C@@H]1C(=O)C=C(c2ccc(OC)cc2)C[C@H]1c1ccc(F)cc1Cl. The van der Waals surface area contributed by atoms with E-state index in [1.165, 1.54) is 24.3 Å². The highest BCUT2D eigenvalue weighted by atomic mass is 35.5. The Morgan fingerprint density at radius 1 is 1.21 bits per heavy atom. The Hall–Kier alpha value is -2.66. The number of carbonyl (C=O) groups is 2. The zero-order valence-corrected chi connectivity index (χ0v) is 16.3. The molecule has 0 spiro atoms. The smallest absolute Gasteiger partial charge is 0.317 e. The summed E-state index contributed by atoms with van der Waals surface area (Å²) in [7, 11) is 1.58. The summed E-state index contributed by atoms with van der Waals surface area (Å²) in [5, 5.41) is 0.183. The molecule has 0 bridgehead atoms. The summed E-state index contributed by atoms with van der Waals surface area (Å²) < 4.78 is 23.8. The Bertz CT molecular complexity index is 921. The second kappa shape index (κ2) is 8.57. The van der Waals surface area contributed by atoms with Crippen molar-refractivity contribution in [2.24, 2.45) is 5.92 Å². The number of hydrogen-bond acceptors (Lipinski definition) is 4. The van der Waals surface area contributed by atoms with Gasteiger partial charge in [-0.25, -0.2) is 4.39 Å². The molecule has 0 radical (unpaired) electrons. The Morgan fingerprint density at radius 3 is 2.54 bits per heavy atom. The maximum atomic E-state index is 13.5. The minimum atomic E-state index is -1.01. The van der Waals surface area contributed by atoms with Crippen LogP contribution in [0.1, 0.15) is 30.4 Å². The third kappa shape index (κ3) is 4.09. The lowest BCUT2D eigenvalue weighted by atomic mass is 9.73. The molecule has 2 atom stereocenters. The third-order valence-corrected chi connectivity index (χ3v) is 5.16. The van der Waals surface area contributed by atoms with E-state index in [0.717, 1.165) is 11.1 Å². The Morgan fingerprint density at radius 2 is 1.93 bits per heavy atom. The average molecular weight is 403 g/mol. The number of ether oxygens (including phenoxy) is 2. The van der Waals surface area contributed by atoms with Gasteiger partial charge in [0, 0.05) is 10.9 Å². The van der Waals surface area contributed by atoms with E-state index in [2.05, 4.69) is 0 Å². The molecular formula is C22H20ClFO4. The summed E-state index contributed by atoms with van der Waals surface area (Å²) >= 11 is 6.25. The van der Waals surface area contributed by atoms with Crippen LogP contribution in [0.3, 0.4) is 0 Å². The van der Waals surface area contributed by atoms with Gasteiger partial charge in [0.1, 0.15) is 17.5 Å². The van der Waals surface area contributed by atoms with Crippen molar-refractivity contribution < 1.29 is 23.5 Å². The highest BCUT2D eigenvalue weighted by Crippen LogP contribution is 2.42. The number of halogens is 2. The molecule has 0 saturated carbocycles. The summed E-state index contributed by atoms with van der Waals surface area (Å²) in [6.45, 7) is 1.85. The van der Waals surface area contributed by atoms with E-state index in [0.29, 0.717) is 17.7 Å². The van der Waals surface area contributed by atoms with Crippen LogP contribution in [0.15, 0.2) is 48.5 Å². The predicted molar refractivity (Wildman–Crippen MR) is 105 cm³/mol. The molecule has 0 amide bonds. The summed E-state index contributed by atoms with van der Waals surface area (Å²) in [6.07, 6.45) is 1.88. The number of ketones is 1. The van der Waals surface area contributed by atoms with Crippen LogP contribution in [-0.2, 0) is 14.3 Å². The topological polar surface area (TPSA) is 52.6 Å². The van der Waals surface area contributed by atoms with E-state index >= 15 is 0 Å². The lowest BCUT2D eigenvalue weighted by Gasteiger charge is -2.30. The van der Waals surface area contributed by atoms with Gasteiger partial charge in [0.2, 0.25) is 0 Å². The molecule has 0 aromatic heterocycles. The van der Waals surface area contributed by atoms with Crippen molar-refractivity contribution in [1.29, 1.82) is 0 Å². The van der Waals surface area contributed by atoms with Gasteiger partial charge in [-0.3, -0.25) is 9.59 Å². The summed E-state index contributed by atoms with van der Waals surface area (Å²) in [4.78, 5) is 25.4. The quantitative estimate of drug-likeness (QED) is 0.532. The van der Waals surface area contributed by atoms with Gasteiger partial charge in [0.15, 0.2) is 5.78 Å². The van der Waals surface area contributed by atoms with Crippen LogP contribution in [0, 0.1) is 11.7 Å². The molecule has 1 aliphatic rings. The molecule has 6 heteroatoms. The zero-order valence-electron chi connectivity index (χ0n) is 15.6. The zero-order chi connectivity index (χ0) is 20.3. The molecule has 1 aliphatic carbocycles. The maximum absolute atomic E-state index is 13.5. The van der Waals surface area contributed by atoms with Crippen molar-refractivity contribution in [2.45, 2.75) is 19.3 Å². The monoisotopic (exact) mass is 402 g/mol. The van der Waals surface area contributed by atoms with Gasteiger partial charge in [0.05, 0.1) is 13.7 Å². The summed E-state index contributed by atoms with van der Waals surface area (Å²) in [5.74, 6) is -2.26. The van der Waals surface area contributed by atoms with Crippen molar-refractivity contribution in [3.8, 4) is 5.75 Å². The van der Waals surface area contributed by atoms with E-state index in [4.69, 9.17) is 21.1 Å². The molecule has 0 N–H and O–H groups in total. The normalized spacial score (nSPS) is 19.1. The summed E-state index contributed by atoms with van der Waals surface area (Å²) in [6, 6.07) is 11.3. The van der Waals surface area contributed by atoms with Crippen molar-refractivity contribution in [3.63, 3.8) is 0 Å². The fourth-order valence-corrected chi connectivity index (χ4v) is 3.79. The fourth-order valence-electron chi connectivity index (χ4n) is 3.48. The minimum absolute atomic E-state index is 0.168. The van der Waals surface area contributed by atoms with Crippen LogP contribution in [0.4, 0.5) is 4.39 Å². The van der Waals surface area contributed by atoms with Crippen LogP contribution >= 0.6 is 11.6 Å². The number of benzene rings is 2. The molecule has 28 heavy (non-hydrogen) atoms. The Kier molecular flexibility index (Phi) is 6.15. The van der Waals surface area contributed by atoms with Crippen molar-refractivity contribution in [2.75, 3.05) is 13.7 Å². The van der Waals surface area contributed by atoms with Crippen LogP contribution in [0.25, 0.3) is 5.57 Å². The van der Waals surface area contributed by atoms with E-state index < -0.39 is 23.6 Å². The number of rotatable bonds is 5. The molecule has 146 valence electrons. The molecule has 0 unspecified atom stereocenters. The predicted octanol–water partition coefficient (Wildman–Crippen LogP) is 4.81. The molecule has 2 aromatic carbocycles. The maximum Gasteiger partial charge on any atom is 0.317 e. The number of methoxy groups -OCH3 is 1. The first-order valence-corrected chi connectivity index (χ1v) is 9.32. The number of esters is 1. The van der Waals surface area contributed by atoms with Crippen LogP contribution in [0.5, 0.6) is 5.75 Å². The highest BCUT2D eigenvalue weighted by molar-refractivity contribution is 6.31. The number of carbonyl (C=O) groups excluding carboxylic acids is 2. The molecule has 4 nitrogen and oxygen atoms in total. The minimum Gasteiger partial charge on any atom is -0.497 e. The molecule has 2 aromatic rings. The van der Waals surface area contributed by atoms with E-state index in [1.807, 2.05) is 12.1 Å². The molecular weight excluding hydrogens is 383 g/mol. The van der Waals surface area contributed by atoms with E-state index in [1.54, 1.807) is 26.2 Å². The summed E-state index contributed by atoms with van der Waals surface area (Å²) in [5.41, 5.74) is 2.17. The van der Waals surface area contributed by atoms with Crippen LogP contribution in [-0.4, -0.2) is 25.5 Å². The Labute approximate surface area is 167 Å². The highest BCUT2D eigenvalue weighted by Gasteiger charge is 2.40. The van der Waals surface area contributed by atoms with Gasteiger partial charge in [-0.05, 0) is 60.4 Å². The molecule has 0 fully saturated rings. The fraction of sp³-hybridized carbons (Fsp3) is 0.273. The van der Waals surface area contributed by atoms with Crippen LogP contribution < -0.4 is 4.74 Å². The largest absolute Gasteiger partial charge is 0.497 e. The van der Waals surface area contributed by atoms with Crippen molar-refractivity contribution in [1.82, 2.24) is 0 Å². The standard InChI is InChI=1S/C22H20ClFO4/c1-3-28-22(26)21-18(17-9-6-15(24)12-19(17)23)10-14(11-20(21)25)13-4-7-16(27-2)8-5-13/h4-9,11-12,18,21H,3,10H2,1-2H3/t18-,21-/m0/s1. The van der Waals surface area contributed by atoms with Crippen LogP contribution in [0.2, 0.25) is 5.02 Å². The second-order valence-electron chi connectivity index (χ2n) is 6.51. The van der Waals surface area contributed by atoms with Gasteiger partial charge < -0.3 is 9.47 Å². The average Bonchev–Trinajstić information content (AvgIpc) is 2.67. The Balaban J connectivity index is 2.03. The molecule has 3 rings (SSSR count).